The van der Waals surface area contributed by atoms with Gasteiger partial charge in [0.05, 0.1) is 16.1 Å². The molecule has 1 aromatic rings. The summed E-state index contributed by atoms with van der Waals surface area (Å²) in [6, 6.07) is 6.15. The summed E-state index contributed by atoms with van der Waals surface area (Å²) in [7, 11) is -3.65. The number of hydrogen-bond acceptors (Lipinski definition) is 3. The summed E-state index contributed by atoms with van der Waals surface area (Å²) in [5.74, 6) is -1.13. The fourth-order valence-electron chi connectivity index (χ4n) is 1.39. The van der Waals surface area contributed by atoms with E-state index in [4.69, 9.17) is 5.11 Å². The third-order valence-corrected chi connectivity index (χ3v) is 5.45. The van der Waals surface area contributed by atoms with E-state index in [1.54, 1.807) is 12.1 Å². The molecule has 0 radical (unpaired) electrons. The normalized spacial score (nSPS) is 12.4. The van der Waals surface area contributed by atoms with Crippen LogP contribution in [0.1, 0.15) is 20.3 Å². The van der Waals surface area contributed by atoms with Gasteiger partial charge in [-0.1, -0.05) is 15.9 Å². The number of sulfone groups is 1. The molecule has 17 heavy (non-hydrogen) atoms. The van der Waals surface area contributed by atoms with E-state index in [2.05, 4.69) is 15.9 Å². The molecular formula is C11H13BrO4S. The molecule has 1 rings (SSSR count). The summed E-state index contributed by atoms with van der Waals surface area (Å²) in [4.78, 5) is 10.8. The predicted molar refractivity (Wildman–Crippen MR) is 67.7 cm³/mol. The maximum atomic E-state index is 12.2. The summed E-state index contributed by atoms with van der Waals surface area (Å²) in [6.07, 6.45) is -0.425. The molecule has 0 amide bonds. The molecule has 1 aromatic carbocycles. The molecule has 0 saturated heterocycles. The van der Waals surface area contributed by atoms with Gasteiger partial charge in [0, 0.05) is 4.47 Å². The van der Waals surface area contributed by atoms with Crippen molar-refractivity contribution in [3.8, 4) is 0 Å². The van der Waals surface area contributed by atoms with Crippen molar-refractivity contribution in [3.05, 3.63) is 28.7 Å². The Morgan fingerprint density at radius 3 is 2.18 bits per heavy atom. The standard InChI is InChI=1S/C11H13BrO4S/c1-11(2,7-10(13)14)17(15,16)9-5-3-8(12)4-6-9/h3-6H,7H2,1-2H3,(H,13,14). The highest BCUT2D eigenvalue weighted by Crippen LogP contribution is 2.29. The quantitative estimate of drug-likeness (QED) is 0.925. The number of benzene rings is 1. The minimum Gasteiger partial charge on any atom is -0.481 e. The Hall–Kier alpha value is -0.880. The van der Waals surface area contributed by atoms with Crippen LogP contribution in [0.2, 0.25) is 0 Å². The Kier molecular flexibility index (Phi) is 3.99. The van der Waals surface area contributed by atoms with Crippen LogP contribution in [-0.2, 0) is 14.6 Å². The van der Waals surface area contributed by atoms with Crippen LogP contribution in [-0.4, -0.2) is 24.2 Å². The zero-order valence-electron chi connectivity index (χ0n) is 9.47. The van der Waals surface area contributed by atoms with Crippen molar-refractivity contribution < 1.29 is 18.3 Å². The molecule has 0 bridgehead atoms. The van der Waals surface area contributed by atoms with E-state index in [1.807, 2.05) is 0 Å². The van der Waals surface area contributed by atoms with Gasteiger partial charge in [-0.15, -0.1) is 0 Å². The molecule has 94 valence electrons. The van der Waals surface area contributed by atoms with E-state index in [9.17, 15) is 13.2 Å². The van der Waals surface area contributed by atoms with Gasteiger partial charge in [0.1, 0.15) is 0 Å². The lowest BCUT2D eigenvalue weighted by Gasteiger charge is -2.22. The van der Waals surface area contributed by atoms with Crippen molar-refractivity contribution >= 4 is 31.7 Å². The Balaban J connectivity index is 3.19. The summed E-state index contributed by atoms with van der Waals surface area (Å²) in [5.41, 5.74) is 0. The van der Waals surface area contributed by atoms with Gasteiger partial charge in [0.15, 0.2) is 9.84 Å². The molecule has 0 atom stereocenters. The zero-order chi connectivity index (χ0) is 13.3. The first-order chi connectivity index (χ1) is 7.67. The third-order valence-electron chi connectivity index (χ3n) is 2.43. The molecule has 0 aliphatic carbocycles. The second-order valence-corrected chi connectivity index (χ2v) is 7.79. The minimum absolute atomic E-state index is 0.131. The summed E-state index contributed by atoms with van der Waals surface area (Å²) in [6.45, 7) is 2.83. The average molecular weight is 321 g/mol. The van der Waals surface area contributed by atoms with Gasteiger partial charge in [0.2, 0.25) is 0 Å². The van der Waals surface area contributed by atoms with Gasteiger partial charge >= 0.3 is 5.97 Å². The predicted octanol–water partition coefficient (Wildman–Crippen LogP) is 2.48. The number of rotatable bonds is 4. The molecule has 0 spiro atoms. The summed E-state index contributed by atoms with van der Waals surface area (Å²) < 4.78 is 23.9. The smallest absolute Gasteiger partial charge is 0.304 e. The second kappa shape index (κ2) is 4.78. The average Bonchev–Trinajstić information content (AvgIpc) is 2.16. The SMILES string of the molecule is CC(C)(CC(=O)O)S(=O)(=O)c1ccc(Br)cc1. The first-order valence-corrected chi connectivity index (χ1v) is 7.16. The van der Waals surface area contributed by atoms with Crippen molar-refractivity contribution in [2.75, 3.05) is 0 Å². The van der Waals surface area contributed by atoms with Crippen molar-refractivity contribution in [2.24, 2.45) is 0 Å². The lowest BCUT2D eigenvalue weighted by molar-refractivity contribution is -0.137. The van der Waals surface area contributed by atoms with Crippen LogP contribution in [0, 0.1) is 0 Å². The Labute approximate surface area is 109 Å². The first kappa shape index (κ1) is 14.2. The molecule has 0 aliphatic heterocycles. The largest absolute Gasteiger partial charge is 0.481 e. The highest BCUT2D eigenvalue weighted by Gasteiger charge is 2.37. The van der Waals surface area contributed by atoms with Gasteiger partial charge in [-0.2, -0.15) is 0 Å². The van der Waals surface area contributed by atoms with Gasteiger partial charge < -0.3 is 5.11 Å². The highest BCUT2D eigenvalue weighted by molar-refractivity contribution is 9.10. The van der Waals surface area contributed by atoms with Gasteiger partial charge in [-0.05, 0) is 38.1 Å². The Morgan fingerprint density at radius 1 is 1.29 bits per heavy atom. The molecule has 1 N–H and O–H groups in total. The van der Waals surface area contributed by atoms with Crippen LogP contribution < -0.4 is 0 Å². The third kappa shape index (κ3) is 3.07. The van der Waals surface area contributed by atoms with Crippen molar-refractivity contribution in [1.29, 1.82) is 0 Å². The molecule has 0 unspecified atom stereocenters. The van der Waals surface area contributed by atoms with Gasteiger partial charge in [-0.25, -0.2) is 8.42 Å². The molecule has 0 aromatic heterocycles. The van der Waals surface area contributed by atoms with Crippen LogP contribution in [0.15, 0.2) is 33.6 Å². The van der Waals surface area contributed by atoms with Crippen LogP contribution in [0.3, 0.4) is 0 Å². The van der Waals surface area contributed by atoms with E-state index in [0.29, 0.717) is 0 Å². The molecule has 6 heteroatoms. The topological polar surface area (TPSA) is 71.4 Å². The second-order valence-electron chi connectivity index (χ2n) is 4.29. The Bertz CT molecular complexity index is 517. The van der Waals surface area contributed by atoms with Crippen molar-refractivity contribution in [3.63, 3.8) is 0 Å². The lowest BCUT2D eigenvalue weighted by atomic mass is 10.1. The van der Waals surface area contributed by atoms with Gasteiger partial charge in [-0.3, -0.25) is 4.79 Å². The van der Waals surface area contributed by atoms with Crippen molar-refractivity contribution in [2.45, 2.75) is 29.9 Å². The molecule has 0 aliphatic rings. The van der Waals surface area contributed by atoms with E-state index in [-0.39, 0.29) is 4.90 Å². The maximum absolute atomic E-state index is 12.2. The minimum atomic E-state index is -3.65. The molecule has 4 nitrogen and oxygen atoms in total. The van der Waals surface area contributed by atoms with Crippen LogP contribution in [0.25, 0.3) is 0 Å². The first-order valence-electron chi connectivity index (χ1n) is 4.89. The van der Waals surface area contributed by atoms with E-state index in [1.165, 1.54) is 26.0 Å². The number of halogens is 1. The number of hydrogen-bond donors (Lipinski definition) is 1. The number of aliphatic carboxylic acids is 1. The Morgan fingerprint density at radius 2 is 1.76 bits per heavy atom. The number of carboxylic acid groups (broad SMARTS) is 1. The zero-order valence-corrected chi connectivity index (χ0v) is 11.9. The van der Waals surface area contributed by atoms with E-state index >= 15 is 0 Å². The lowest BCUT2D eigenvalue weighted by Crippen LogP contribution is -2.34. The summed E-state index contributed by atoms with van der Waals surface area (Å²) >= 11 is 3.21. The van der Waals surface area contributed by atoms with Crippen molar-refractivity contribution in [1.82, 2.24) is 0 Å². The molecule has 0 fully saturated rings. The maximum Gasteiger partial charge on any atom is 0.304 e. The summed E-state index contributed by atoms with van der Waals surface area (Å²) in [5, 5.41) is 8.73. The fourth-order valence-corrected chi connectivity index (χ4v) is 3.10. The van der Waals surface area contributed by atoms with Crippen LogP contribution in [0.5, 0.6) is 0 Å². The monoisotopic (exact) mass is 320 g/mol. The fraction of sp³-hybridized carbons (Fsp3) is 0.364. The van der Waals surface area contributed by atoms with Crippen LogP contribution in [0.4, 0.5) is 0 Å². The molecule has 0 heterocycles. The van der Waals surface area contributed by atoms with Gasteiger partial charge in [0.25, 0.3) is 0 Å². The van der Waals surface area contributed by atoms with E-state index < -0.39 is 27.0 Å². The van der Waals surface area contributed by atoms with Crippen LogP contribution >= 0.6 is 15.9 Å². The van der Waals surface area contributed by atoms with E-state index in [0.717, 1.165) is 4.47 Å². The highest BCUT2D eigenvalue weighted by atomic mass is 79.9. The number of carbonyl (C=O) groups is 1. The molecule has 0 saturated carbocycles. The number of carboxylic acids is 1. The molecular weight excluding hydrogens is 308 g/mol.